The van der Waals surface area contributed by atoms with E-state index in [9.17, 15) is 9.59 Å². The molecule has 0 unspecified atom stereocenters. The van der Waals surface area contributed by atoms with Crippen molar-refractivity contribution in [3.63, 3.8) is 0 Å². The van der Waals surface area contributed by atoms with Crippen LogP contribution in [0.1, 0.15) is 26.3 Å². The minimum Gasteiger partial charge on any atom is -0.336 e. The van der Waals surface area contributed by atoms with Crippen LogP contribution in [0.4, 0.5) is 4.79 Å². The standard InChI is InChI=1S/C18H23N5O2S/c1-18(2,3)13-7-5-12(6-8-13)15-20-21-17(22(15)4)26-11-14(24)23-10-9-19-16(23)25/h5-8H,9-11H2,1-4H3,(H,19,25). The van der Waals surface area contributed by atoms with Gasteiger partial charge in [-0.3, -0.25) is 9.69 Å². The quantitative estimate of drug-likeness (QED) is 0.833. The van der Waals surface area contributed by atoms with Crippen LogP contribution in [0.25, 0.3) is 11.4 Å². The minimum atomic E-state index is -0.326. The van der Waals surface area contributed by atoms with E-state index in [1.165, 1.54) is 22.2 Å². The second-order valence-electron chi connectivity index (χ2n) is 7.26. The minimum absolute atomic E-state index is 0.0989. The van der Waals surface area contributed by atoms with E-state index < -0.39 is 0 Å². The average molecular weight is 373 g/mol. The molecule has 1 saturated heterocycles. The number of carbonyl (C=O) groups is 2. The maximum Gasteiger partial charge on any atom is 0.324 e. The van der Waals surface area contributed by atoms with Gasteiger partial charge in [-0.2, -0.15) is 0 Å². The Bertz CT molecular complexity index is 823. The van der Waals surface area contributed by atoms with Gasteiger partial charge in [0.2, 0.25) is 5.91 Å². The van der Waals surface area contributed by atoms with Crippen LogP contribution in [-0.2, 0) is 17.3 Å². The number of carbonyl (C=O) groups excluding carboxylic acids is 2. The molecule has 26 heavy (non-hydrogen) atoms. The lowest BCUT2D eigenvalue weighted by Gasteiger charge is -2.19. The molecule has 2 heterocycles. The van der Waals surface area contributed by atoms with Gasteiger partial charge in [-0.25, -0.2) is 4.79 Å². The number of imide groups is 1. The van der Waals surface area contributed by atoms with E-state index in [0.29, 0.717) is 18.2 Å². The Kier molecular flexibility index (Phi) is 5.04. The summed E-state index contributed by atoms with van der Waals surface area (Å²) < 4.78 is 1.87. The lowest BCUT2D eigenvalue weighted by atomic mass is 9.87. The largest absolute Gasteiger partial charge is 0.336 e. The SMILES string of the molecule is Cn1c(SCC(=O)N2CCNC2=O)nnc1-c1ccc(C(C)(C)C)cc1. The van der Waals surface area contributed by atoms with Crippen molar-refractivity contribution in [3.8, 4) is 11.4 Å². The Morgan fingerprint density at radius 3 is 2.50 bits per heavy atom. The van der Waals surface area contributed by atoms with E-state index in [1.54, 1.807) is 0 Å². The molecule has 3 amide bonds. The van der Waals surface area contributed by atoms with Gasteiger partial charge < -0.3 is 9.88 Å². The third-order valence-electron chi connectivity index (χ3n) is 4.33. The first-order chi connectivity index (χ1) is 12.3. The van der Waals surface area contributed by atoms with E-state index in [-0.39, 0.29) is 23.1 Å². The highest BCUT2D eigenvalue weighted by Gasteiger charge is 2.26. The fraction of sp³-hybridized carbons (Fsp3) is 0.444. The lowest BCUT2D eigenvalue weighted by Crippen LogP contribution is -2.35. The fourth-order valence-electron chi connectivity index (χ4n) is 2.73. The summed E-state index contributed by atoms with van der Waals surface area (Å²) >= 11 is 1.29. The summed E-state index contributed by atoms with van der Waals surface area (Å²) in [7, 11) is 1.88. The highest BCUT2D eigenvalue weighted by Crippen LogP contribution is 2.27. The molecule has 1 aromatic carbocycles. The van der Waals surface area contributed by atoms with Gasteiger partial charge in [-0.05, 0) is 11.0 Å². The highest BCUT2D eigenvalue weighted by molar-refractivity contribution is 7.99. The molecule has 0 saturated carbocycles. The zero-order valence-corrected chi connectivity index (χ0v) is 16.3. The van der Waals surface area contributed by atoms with Crippen LogP contribution in [0.2, 0.25) is 0 Å². The molecule has 0 aliphatic carbocycles. The van der Waals surface area contributed by atoms with Crippen LogP contribution in [0.15, 0.2) is 29.4 Å². The summed E-state index contributed by atoms with van der Waals surface area (Å²) in [5.74, 6) is 0.686. The summed E-state index contributed by atoms with van der Waals surface area (Å²) in [6.45, 7) is 7.46. The number of urea groups is 1. The monoisotopic (exact) mass is 373 g/mol. The van der Waals surface area contributed by atoms with Crippen molar-refractivity contribution in [2.24, 2.45) is 7.05 Å². The molecule has 1 aromatic heterocycles. The van der Waals surface area contributed by atoms with Gasteiger partial charge in [-0.1, -0.05) is 56.8 Å². The predicted octanol–water partition coefficient (Wildman–Crippen LogP) is 2.42. The molecule has 2 aromatic rings. The highest BCUT2D eigenvalue weighted by atomic mass is 32.2. The molecule has 0 atom stereocenters. The lowest BCUT2D eigenvalue weighted by molar-refractivity contribution is -0.124. The maximum absolute atomic E-state index is 12.1. The van der Waals surface area contributed by atoms with Gasteiger partial charge in [0.25, 0.3) is 0 Å². The molecule has 1 N–H and O–H groups in total. The van der Waals surface area contributed by atoms with E-state index in [0.717, 1.165) is 11.4 Å². The fourth-order valence-corrected chi connectivity index (χ4v) is 3.51. The Hall–Kier alpha value is -2.35. The molecule has 3 rings (SSSR count). The molecule has 0 radical (unpaired) electrons. The Labute approximate surface area is 157 Å². The van der Waals surface area contributed by atoms with Crippen molar-refractivity contribution in [2.45, 2.75) is 31.3 Å². The molecule has 0 bridgehead atoms. The normalized spacial score (nSPS) is 14.6. The van der Waals surface area contributed by atoms with E-state index >= 15 is 0 Å². The van der Waals surface area contributed by atoms with Crippen LogP contribution < -0.4 is 5.32 Å². The van der Waals surface area contributed by atoms with Gasteiger partial charge >= 0.3 is 6.03 Å². The van der Waals surface area contributed by atoms with Gasteiger partial charge in [0, 0.05) is 25.7 Å². The van der Waals surface area contributed by atoms with Crippen molar-refractivity contribution >= 4 is 23.7 Å². The number of rotatable bonds is 4. The Morgan fingerprint density at radius 2 is 1.92 bits per heavy atom. The molecule has 7 nitrogen and oxygen atoms in total. The molecule has 1 aliphatic rings. The van der Waals surface area contributed by atoms with Gasteiger partial charge in [0.1, 0.15) is 0 Å². The first kappa shape index (κ1) is 18.4. The van der Waals surface area contributed by atoms with Crippen molar-refractivity contribution in [1.29, 1.82) is 0 Å². The van der Waals surface area contributed by atoms with E-state index in [1.807, 2.05) is 23.7 Å². The van der Waals surface area contributed by atoms with Gasteiger partial charge in [0.15, 0.2) is 11.0 Å². The predicted molar refractivity (Wildman–Crippen MR) is 101 cm³/mol. The number of nitrogens with zero attached hydrogens (tertiary/aromatic N) is 4. The molecule has 1 aliphatic heterocycles. The molecular formula is C18H23N5O2S. The van der Waals surface area contributed by atoms with E-state index in [4.69, 9.17) is 0 Å². The van der Waals surface area contributed by atoms with Crippen molar-refractivity contribution in [2.75, 3.05) is 18.8 Å². The first-order valence-corrected chi connectivity index (χ1v) is 9.47. The van der Waals surface area contributed by atoms with Crippen LogP contribution in [0, 0.1) is 0 Å². The summed E-state index contributed by atoms with van der Waals surface area (Å²) in [5, 5.41) is 11.7. The van der Waals surface area contributed by atoms with Crippen LogP contribution in [-0.4, -0.2) is 50.4 Å². The van der Waals surface area contributed by atoms with Crippen LogP contribution in [0.3, 0.4) is 0 Å². The number of thioether (sulfide) groups is 1. The summed E-state index contributed by atoms with van der Waals surface area (Å²) in [5.41, 5.74) is 2.33. The third-order valence-corrected chi connectivity index (χ3v) is 5.33. The average Bonchev–Trinajstić information content (AvgIpc) is 3.18. The third kappa shape index (κ3) is 3.75. The Balaban J connectivity index is 1.70. The zero-order chi connectivity index (χ0) is 18.9. The molecule has 1 fully saturated rings. The number of hydrogen-bond acceptors (Lipinski definition) is 5. The number of aromatic nitrogens is 3. The van der Waals surface area contributed by atoms with Crippen molar-refractivity contribution < 1.29 is 9.59 Å². The van der Waals surface area contributed by atoms with Gasteiger partial charge in [-0.15, -0.1) is 10.2 Å². The first-order valence-electron chi connectivity index (χ1n) is 8.48. The van der Waals surface area contributed by atoms with Crippen molar-refractivity contribution in [1.82, 2.24) is 25.0 Å². The number of hydrogen-bond donors (Lipinski definition) is 1. The summed E-state index contributed by atoms with van der Waals surface area (Å²) in [6.07, 6.45) is 0. The Morgan fingerprint density at radius 1 is 1.23 bits per heavy atom. The molecule has 0 spiro atoms. The summed E-state index contributed by atoms with van der Waals surface area (Å²) in [6, 6.07) is 7.96. The van der Waals surface area contributed by atoms with Gasteiger partial charge in [0.05, 0.1) is 5.75 Å². The second kappa shape index (κ2) is 7.11. The van der Waals surface area contributed by atoms with Crippen LogP contribution >= 0.6 is 11.8 Å². The zero-order valence-electron chi connectivity index (χ0n) is 15.4. The molecule has 138 valence electrons. The van der Waals surface area contributed by atoms with E-state index in [2.05, 4.69) is 48.4 Å². The van der Waals surface area contributed by atoms with Crippen molar-refractivity contribution in [3.05, 3.63) is 29.8 Å². The number of amides is 3. The topological polar surface area (TPSA) is 80.1 Å². The van der Waals surface area contributed by atoms with Crippen LogP contribution in [0.5, 0.6) is 0 Å². The molecule has 8 heteroatoms. The maximum atomic E-state index is 12.1. The number of benzene rings is 1. The summed E-state index contributed by atoms with van der Waals surface area (Å²) in [4.78, 5) is 24.9. The smallest absolute Gasteiger partial charge is 0.324 e. The number of nitrogens with one attached hydrogen (secondary N) is 1. The second-order valence-corrected chi connectivity index (χ2v) is 8.20. The molecular weight excluding hydrogens is 350 g/mol.